The van der Waals surface area contributed by atoms with Crippen LogP contribution in [-0.2, 0) is 0 Å². The molecular formula is C18H23N. The molecule has 0 heterocycles. The van der Waals surface area contributed by atoms with Crippen LogP contribution in [0, 0.1) is 11.3 Å². The van der Waals surface area contributed by atoms with Crippen LogP contribution in [0.2, 0.25) is 0 Å². The fraction of sp³-hybridized carbons (Fsp3) is 0.389. The fourth-order valence-corrected chi connectivity index (χ4v) is 2.31. The van der Waals surface area contributed by atoms with Gasteiger partial charge in [0, 0.05) is 11.5 Å². The Labute approximate surface area is 117 Å². The highest BCUT2D eigenvalue weighted by molar-refractivity contribution is 5.41. The number of nitriles is 1. The lowest BCUT2D eigenvalue weighted by Gasteiger charge is -2.20. The van der Waals surface area contributed by atoms with Crippen LogP contribution < -0.4 is 0 Å². The number of hydrogen-bond donors (Lipinski definition) is 0. The van der Waals surface area contributed by atoms with Crippen molar-refractivity contribution in [1.29, 1.82) is 5.26 Å². The molecule has 1 heteroatoms. The predicted octanol–water partition coefficient (Wildman–Crippen LogP) is 5.38. The highest BCUT2D eigenvalue weighted by Crippen LogP contribution is 2.32. The minimum absolute atomic E-state index is 0.379. The van der Waals surface area contributed by atoms with Crippen molar-refractivity contribution in [1.82, 2.24) is 0 Å². The van der Waals surface area contributed by atoms with Gasteiger partial charge in [-0.1, -0.05) is 49.8 Å². The molecule has 0 aliphatic rings. The van der Waals surface area contributed by atoms with Crippen LogP contribution in [0.15, 0.2) is 53.1 Å². The van der Waals surface area contributed by atoms with Gasteiger partial charge < -0.3 is 0 Å². The largest absolute Gasteiger partial charge is 0.193 e. The molecule has 0 radical (unpaired) electrons. The van der Waals surface area contributed by atoms with Crippen LogP contribution >= 0.6 is 0 Å². The minimum Gasteiger partial charge on any atom is -0.193 e. The van der Waals surface area contributed by atoms with E-state index in [1.165, 1.54) is 16.7 Å². The van der Waals surface area contributed by atoms with Crippen LogP contribution in [-0.4, -0.2) is 0 Å². The highest BCUT2D eigenvalue weighted by atomic mass is 14.2. The molecule has 0 aliphatic heterocycles. The zero-order valence-electron chi connectivity index (χ0n) is 12.4. The van der Waals surface area contributed by atoms with E-state index < -0.39 is 0 Å². The molecule has 0 bridgehead atoms. The molecule has 0 unspecified atom stereocenters. The van der Waals surface area contributed by atoms with Crippen molar-refractivity contribution in [3.63, 3.8) is 0 Å². The Kier molecular flexibility index (Phi) is 6.09. The average Bonchev–Trinajstić information content (AvgIpc) is 2.47. The Morgan fingerprint density at radius 1 is 1.21 bits per heavy atom. The van der Waals surface area contributed by atoms with Crippen molar-refractivity contribution in [3.05, 3.63) is 58.7 Å². The number of benzene rings is 1. The van der Waals surface area contributed by atoms with Gasteiger partial charge >= 0.3 is 0 Å². The van der Waals surface area contributed by atoms with Gasteiger partial charge in [0.05, 0.1) is 6.07 Å². The van der Waals surface area contributed by atoms with E-state index in [2.05, 4.69) is 57.2 Å². The molecule has 1 nitrogen and oxygen atoms in total. The second-order valence-electron chi connectivity index (χ2n) is 4.90. The monoisotopic (exact) mass is 253 g/mol. The third kappa shape index (κ3) is 4.10. The van der Waals surface area contributed by atoms with Crippen LogP contribution in [0.5, 0.6) is 0 Å². The highest BCUT2D eigenvalue weighted by Gasteiger charge is 2.15. The summed E-state index contributed by atoms with van der Waals surface area (Å²) in [6.07, 6.45) is 4.12. The molecule has 1 aromatic carbocycles. The van der Waals surface area contributed by atoms with Crippen LogP contribution in [0.1, 0.15) is 52.0 Å². The fourth-order valence-electron chi connectivity index (χ4n) is 2.31. The van der Waals surface area contributed by atoms with Crippen molar-refractivity contribution in [2.24, 2.45) is 0 Å². The lowest BCUT2D eigenvalue weighted by atomic mass is 9.84. The zero-order valence-corrected chi connectivity index (χ0v) is 12.4. The molecule has 1 aromatic rings. The van der Waals surface area contributed by atoms with E-state index in [4.69, 9.17) is 5.26 Å². The van der Waals surface area contributed by atoms with Crippen molar-refractivity contribution in [3.8, 4) is 6.07 Å². The minimum atomic E-state index is 0.379. The molecule has 0 amide bonds. The molecule has 1 rings (SSSR count). The van der Waals surface area contributed by atoms with Gasteiger partial charge in [-0.3, -0.25) is 0 Å². The normalized spacial score (nSPS) is 14.6. The lowest BCUT2D eigenvalue weighted by Crippen LogP contribution is -2.03. The van der Waals surface area contributed by atoms with Crippen molar-refractivity contribution < 1.29 is 0 Å². The molecule has 100 valence electrons. The molecule has 0 aliphatic carbocycles. The molecule has 0 fully saturated rings. The first-order chi connectivity index (χ1) is 9.13. The maximum absolute atomic E-state index is 9.02. The molecule has 0 aromatic heterocycles. The number of hydrogen-bond acceptors (Lipinski definition) is 1. The van der Waals surface area contributed by atoms with E-state index in [1.54, 1.807) is 0 Å². The summed E-state index contributed by atoms with van der Waals surface area (Å²) in [5.74, 6) is 0.379. The predicted molar refractivity (Wildman–Crippen MR) is 81.8 cm³/mol. The number of rotatable bonds is 5. The van der Waals surface area contributed by atoms with Gasteiger partial charge in [-0.2, -0.15) is 5.26 Å². The van der Waals surface area contributed by atoms with Gasteiger partial charge in [0.15, 0.2) is 0 Å². The van der Waals surface area contributed by atoms with E-state index in [0.717, 1.165) is 18.4 Å². The Morgan fingerprint density at radius 2 is 1.84 bits per heavy atom. The summed E-state index contributed by atoms with van der Waals surface area (Å²) in [5.41, 5.74) is 4.77. The van der Waals surface area contributed by atoms with Crippen molar-refractivity contribution in [2.75, 3.05) is 0 Å². The summed E-state index contributed by atoms with van der Waals surface area (Å²) in [6.45, 7) is 8.42. The van der Waals surface area contributed by atoms with Gasteiger partial charge in [-0.05, 0) is 43.9 Å². The molecule has 19 heavy (non-hydrogen) atoms. The van der Waals surface area contributed by atoms with E-state index in [9.17, 15) is 0 Å². The van der Waals surface area contributed by atoms with E-state index in [-0.39, 0.29) is 0 Å². The summed E-state index contributed by atoms with van der Waals surface area (Å²) in [5, 5.41) is 9.02. The quantitative estimate of drug-likeness (QED) is 0.510. The van der Waals surface area contributed by atoms with E-state index in [0.29, 0.717) is 5.92 Å². The summed E-state index contributed by atoms with van der Waals surface area (Å²) in [4.78, 5) is 0. The Hall–Kier alpha value is -1.81. The van der Waals surface area contributed by atoms with Gasteiger partial charge in [-0.25, -0.2) is 0 Å². The number of allylic oxidation sites excluding steroid dienone is 4. The molecule has 0 N–H and O–H groups in total. The molecule has 1 atom stereocenters. The van der Waals surface area contributed by atoms with E-state index >= 15 is 0 Å². The van der Waals surface area contributed by atoms with Crippen LogP contribution in [0.25, 0.3) is 0 Å². The number of nitrogens with zero attached hydrogens (tertiary/aromatic N) is 1. The molecule has 0 saturated heterocycles. The van der Waals surface area contributed by atoms with Crippen molar-refractivity contribution in [2.45, 2.75) is 46.5 Å². The van der Waals surface area contributed by atoms with Crippen LogP contribution in [0.3, 0.4) is 0 Å². The summed E-state index contributed by atoms with van der Waals surface area (Å²) in [7, 11) is 0. The van der Waals surface area contributed by atoms with Crippen LogP contribution in [0.4, 0.5) is 0 Å². The van der Waals surface area contributed by atoms with Gasteiger partial charge in [0.25, 0.3) is 0 Å². The Balaban J connectivity index is 3.28. The first-order valence-electron chi connectivity index (χ1n) is 6.97. The summed E-state index contributed by atoms with van der Waals surface area (Å²) < 4.78 is 0. The average molecular weight is 253 g/mol. The first kappa shape index (κ1) is 15.2. The van der Waals surface area contributed by atoms with Gasteiger partial charge in [0.1, 0.15) is 0 Å². The maximum atomic E-state index is 9.02. The first-order valence-corrected chi connectivity index (χ1v) is 6.97. The standard InChI is InChI=1S/C18H23N/c1-5-15(4)18(12-14(3)13-19)17(6-2)16-10-8-7-9-11-16/h7-12,17H,5-6H2,1-4H3/b14-12+,18-15-/t17-/m0/s1. The second-order valence-corrected chi connectivity index (χ2v) is 4.90. The van der Waals surface area contributed by atoms with E-state index in [1.807, 2.05) is 13.0 Å². The summed E-state index contributed by atoms with van der Waals surface area (Å²) >= 11 is 0. The smallest absolute Gasteiger partial charge is 0.0944 e. The molecular weight excluding hydrogens is 230 g/mol. The lowest BCUT2D eigenvalue weighted by molar-refractivity contribution is 0.760. The summed E-state index contributed by atoms with van der Waals surface area (Å²) in [6, 6.07) is 12.8. The molecule has 0 saturated carbocycles. The zero-order chi connectivity index (χ0) is 14.3. The second kappa shape index (κ2) is 7.59. The molecule has 0 spiro atoms. The van der Waals surface area contributed by atoms with Gasteiger partial charge in [-0.15, -0.1) is 0 Å². The van der Waals surface area contributed by atoms with Gasteiger partial charge in [0.2, 0.25) is 0 Å². The SMILES string of the molecule is CC/C(C)=C(/C=C(\C)C#N)[C@@H](CC)c1ccccc1. The Bertz CT molecular complexity index is 500. The maximum Gasteiger partial charge on any atom is 0.0944 e. The third-order valence-electron chi connectivity index (χ3n) is 3.56. The van der Waals surface area contributed by atoms with Crippen molar-refractivity contribution >= 4 is 0 Å². The topological polar surface area (TPSA) is 23.8 Å². The third-order valence-corrected chi connectivity index (χ3v) is 3.56. The Morgan fingerprint density at radius 3 is 2.32 bits per heavy atom.